The van der Waals surface area contributed by atoms with Gasteiger partial charge >= 0.3 is 0 Å². The predicted molar refractivity (Wildman–Crippen MR) is 101 cm³/mol. The number of sulfonamides is 1. The predicted octanol–water partition coefficient (Wildman–Crippen LogP) is 3.46. The number of aryl methyl sites for hydroxylation is 2. The van der Waals surface area contributed by atoms with Gasteiger partial charge in [0.05, 0.1) is 24.7 Å². The zero-order valence-electron chi connectivity index (χ0n) is 15.6. The Bertz CT molecular complexity index is 877. The molecule has 2 atom stereocenters. The van der Waals surface area contributed by atoms with Gasteiger partial charge in [0.2, 0.25) is 10.0 Å². The van der Waals surface area contributed by atoms with E-state index in [1.165, 1.54) is 0 Å². The van der Waals surface area contributed by atoms with Gasteiger partial charge in [0.15, 0.2) is 0 Å². The van der Waals surface area contributed by atoms with E-state index in [2.05, 4.69) is 0 Å². The lowest BCUT2D eigenvalue weighted by Crippen LogP contribution is -2.48. The number of rotatable bonds is 4. The molecule has 26 heavy (non-hydrogen) atoms. The van der Waals surface area contributed by atoms with Crippen molar-refractivity contribution in [2.75, 3.05) is 20.3 Å². The third-order valence-corrected chi connectivity index (χ3v) is 6.92. The topological polar surface area (TPSA) is 55.8 Å². The molecule has 140 valence electrons. The van der Waals surface area contributed by atoms with Gasteiger partial charge < -0.3 is 9.47 Å². The first kappa shape index (κ1) is 18.9. The van der Waals surface area contributed by atoms with E-state index in [-0.39, 0.29) is 12.1 Å². The molecular weight excluding hydrogens is 350 g/mol. The summed E-state index contributed by atoms with van der Waals surface area (Å²) >= 11 is 0. The SMILES string of the molecule is COc1ccc(C2CN(S(=O)(=O)c3ccc(C)c(C)c3)C(C)CO2)cc1. The number of nitrogens with zero attached hydrogens (tertiary/aromatic N) is 1. The Hall–Kier alpha value is -1.89. The molecule has 0 N–H and O–H groups in total. The van der Waals surface area contributed by atoms with E-state index in [4.69, 9.17) is 9.47 Å². The summed E-state index contributed by atoms with van der Waals surface area (Å²) in [6, 6.07) is 12.6. The highest BCUT2D eigenvalue weighted by atomic mass is 32.2. The largest absolute Gasteiger partial charge is 0.497 e. The van der Waals surface area contributed by atoms with Crippen molar-refractivity contribution in [2.24, 2.45) is 0 Å². The van der Waals surface area contributed by atoms with Gasteiger partial charge in [-0.25, -0.2) is 8.42 Å². The highest BCUT2D eigenvalue weighted by molar-refractivity contribution is 7.89. The third kappa shape index (κ3) is 3.63. The minimum atomic E-state index is -3.58. The van der Waals surface area contributed by atoms with E-state index in [1.54, 1.807) is 23.5 Å². The lowest BCUT2D eigenvalue weighted by molar-refractivity contribution is -0.0288. The number of benzene rings is 2. The Morgan fingerprint density at radius 2 is 1.77 bits per heavy atom. The number of hydrogen-bond acceptors (Lipinski definition) is 4. The van der Waals surface area contributed by atoms with Gasteiger partial charge in [-0.05, 0) is 61.7 Å². The monoisotopic (exact) mass is 375 g/mol. The Kier molecular flexibility index (Phi) is 5.37. The quantitative estimate of drug-likeness (QED) is 0.821. The van der Waals surface area contributed by atoms with E-state index >= 15 is 0 Å². The molecule has 2 aromatic carbocycles. The van der Waals surface area contributed by atoms with Crippen LogP contribution in [0.1, 0.15) is 29.7 Å². The second kappa shape index (κ2) is 7.39. The molecule has 0 aromatic heterocycles. The van der Waals surface area contributed by atoms with Crippen molar-refractivity contribution in [3.63, 3.8) is 0 Å². The normalized spacial score (nSPS) is 21.5. The average molecular weight is 375 g/mol. The zero-order valence-corrected chi connectivity index (χ0v) is 16.4. The Balaban J connectivity index is 1.88. The smallest absolute Gasteiger partial charge is 0.243 e. The minimum Gasteiger partial charge on any atom is -0.497 e. The van der Waals surface area contributed by atoms with Crippen molar-refractivity contribution in [3.05, 3.63) is 59.2 Å². The summed E-state index contributed by atoms with van der Waals surface area (Å²) in [6.07, 6.45) is -0.293. The molecule has 0 radical (unpaired) electrons. The van der Waals surface area contributed by atoms with E-state index in [9.17, 15) is 8.42 Å². The standard InChI is InChI=1S/C20H25NO4S/c1-14-5-10-19(11-15(14)2)26(22,23)21-12-20(25-13-16(21)3)17-6-8-18(24-4)9-7-17/h5-11,16,20H,12-13H2,1-4H3. The molecule has 2 unspecified atom stereocenters. The van der Waals surface area contributed by atoms with Crippen LogP contribution in [0.3, 0.4) is 0 Å². The van der Waals surface area contributed by atoms with Crippen LogP contribution >= 0.6 is 0 Å². The van der Waals surface area contributed by atoms with E-state index in [1.807, 2.05) is 51.1 Å². The van der Waals surface area contributed by atoms with Crippen LogP contribution < -0.4 is 4.74 Å². The van der Waals surface area contributed by atoms with Gasteiger partial charge in [-0.1, -0.05) is 18.2 Å². The van der Waals surface area contributed by atoms with Crippen molar-refractivity contribution in [1.29, 1.82) is 0 Å². The Morgan fingerprint density at radius 3 is 2.38 bits per heavy atom. The molecule has 6 heteroatoms. The highest BCUT2D eigenvalue weighted by Crippen LogP contribution is 2.30. The number of methoxy groups -OCH3 is 1. The molecule has 1 aliphatic rings. The molecule has 1 heterocycles. The van der Waals surface area contributed by atoms with Gasteiger partial charge in [0, 0.05) is 12.6 Å². The molecule has 1 saturated heterocycles. The van der Waals surface area contributed by atoms with Crippen LogP contribution in [0, 0.1) is 13.8 Å². The lowest BCUT2D eigenvalue weighted by atomic mass is 10.1. The maximum Gasteiger partial charge on any atom is 0.243 e. The van der Waals surface area contributed by atoms with Crippen LogP contribution in [-0.2, 0) is 14.8 Å². The number of morpholine rings is 1. The average Bonchev–Trinajstić information content (AvgIpc) is 2.64. The molecule has 0 bridgehead atoms. The van der Waals surface area contributed by atoms with Crippen molar-refractivity contribution in [2.45, 2.75) is 37.8 Å². The summed E-state index contributed by atoms with van der Waals surface area (Å²) in [7, 11) is -1.96. The highest BCUT2D eigenvalue weighted by Gasteiger charge is 2.36. The molecular formula is C20H25NO4S. The van der Waals surface area contributed by atoms with E-state index in [0.717, 1.165) is 22.4 Å². The lowest BCUT2D eigenvalue weighted by Gasteiger charge is -2.37. The first-order valence-corrected chi connectivity index (χ1v) is 10.1. The summed E-state index contributed by atoms with van der Waals surface area (Å²) in [5.41, 5.74) is 2.99. The fourth-order valence-electron chi connectivity index (χ4n) is 3.10. The fraction of sp³-hybridized carbons (Fsp3) is 0.400. The number of hydrogen-bond donors (Lipinski definition) is 0. The third-order valence-electron chi connectivity index (χ3n) is 4.95. The first-order valence-electron chi connectivity index (χ1n) is 8.67. The van der Waals surface area contributed by atoms with Crippen LogP contribution in [0.25, 0.3) is 0 Å². The van der Waals surface area contributed by atoms with Crippen LogP contribution in [0.5, 0.6) is 5.75 Å². The molecule has 5 nitrogen and oxygen atoms in total. The van der Waals surface area contributed by atoms with E-state index in [0.29, 0.717) is 18.0 Å². The van der Waals surface area contributed by atoms with Gasteiger partial charge in [-0.3, -0.25) is 0 Å². The van der Waals surface area contributed by atoms with Crippen molar-refractivity contribution in [3.8, 4) is 5.75 Å². The minimum absolute atomic E-state index is 0.212. The first-order chi connectivity index (χ1) is 12.3. The maximum atomic E-state index is 13.2. The molecule has 0 aliphatic carbocycles. The molecule has 0 spiro atoms. The van der Waals surface area contributed by atoms with Crippen molar-refractivity contribution >= 4 is 10.0 Å². The molecule has 1 aliphatic heterocycles. The summed E-state index contributed by atoms with van der Waals surface area (Å²) in [6.45, 7) is 6.44. The summed E-state index contributed by atoms with van der Waals surface area (Å²) in [4.78, 5) is 0.336. The van der Waals surface area contributed by atoms with Crippen molar-refractivity contribution < 1.29 is 17.9 Å². The van der Waals surface area contributed by atoms with Gasteiger partial charge in [0.1, 0.15) is 5.75 Å². The Labute approximate surface area is 155 Å². The molecule has 0 saturated carbocycles. The number of ether oxygens (including phenoxy) is 2. The molecule has 0 amide bonds. The zero-order chi connectivity index (χ0) is 18.9. The maximum absolute atomic E-state index is 13.2. The summed E-state index contributed by atoms with van der Waals surface area (Å²) in [5, 5.41) is 0. The molecule has 3 rings (SSSR count). The van der Waals surface area contributed by atoms with Gasteiger partial charge in [-0.15, -0.1) is 0 Å². The summed E-state index contributed by atoms with van der Waals surface area (Å²) < 4.78 is 39.0. The van der Waals surface area contributed by atoms with Crippen LogP contribution in [0.15, 0.2) is 47.4 Å². The second-order valence-corrected chi connectivity index (χ2v) is 8.66. The second-order valence-electron chi connectivity index (χ2n) is 6.76. The molecule has 1 fully saturated rings. The van der Waals surface area contributed by atoms with E-state index < -0.39 is 10.0 Å². The summed E-state index contributed by atoms with van der Waals surface area (Å²) in [5.74, 6) is 0.762. The Morgan fingerprint density at radius 1 is 1.08 bits per heavy atom. The molecule has 2 aromatic rings. The fourth-order valence-corrected chi connectivity index (χ4v) is 4.80. The van der Waals surface area contributed by atoms with Crippen LogP contribution in [0.4, 0.5) is 0 Å². The van der Waals surface area contributed by atoms with Crippen LogP contribution in [-0.4, -0.2) is 39.0 Å². The van der Waals surface area contributed by atoms with Crippen LogP contribution in [0.2, 0.25) is 0 Å². The van der Waals surface area contributed by atoms with Gasteiger partial charge in [-0.2, -0.15) is 4.31 Å². The van der Waals surface area contributed by atoms with Gasteiger partial charge in [0.25, 0.3) is 0 Å². The van der Waals surface area contributed by atoms with Crippen molar-refractivity contribution in [1.82, 2.24) is 4.31 Å².